The molecule has 4 rings (SSSR count). The van der Waals surface area contributed by atoms with Crippen LogP contribution in [0.15, 0.2) is 64.6 Å². The number of pyridine rings is 1. The molecule has 32 heavy (non-hydrogen) atoms. The van der Waals surface area contributed by atoms with Crippen LogP contribution in [0.2, 0.25) is 5.02 Å². The van der Waals surface area contributed by atoms with Crippen molar-refractivity contribution in [3.8, 4) is 0 Å². The Morgan fingerprint density at radius 1 is 1.25 bits per heavy atom. The number of aliphatic imine (C=N–C) groups is 1. The van der Waals surface area contributed by atoms with Crippen LogP contribution in [0, 0.1) is 0 Å². The Bertz CT molecular complexity index is 1270. The molecular formula is C23H20ClN5O2S. The minimum Gasteiger partial charge on any atom is -0.325 e. The van der Waals surface area contributed by atoms with Crippen molar-refractivity contribution in [2.45, 2.75) is 0 Å². The summed E-state index contributed by atoms with van der Waals surface area (Å²) in [5.74, 6) is -0.373. The molecule has 3 aromatic rings. The molecule has 1 aromatic heterocycles. The molecule has 0 radical (unpaired) electrons. The largest absolute Gasteiger partial charge is 0.325 e. The van der Waals surface area contributed by atoms with E-state index in [1.807, 2.05) is 50.5 Å². The molecule has 1 saturated heterocycles. The first-order chi connectivity index (χ1) is 15.4. The number of rotatable bonds is 5. The summed E-state index contributed by atoms with van der Waals surface area (Å²) < 4.78 is 0. The molecule has 1 fully saturated rings. The molecule has 0 bridgehead atoms. The quantitative estimate of drug-likeness (QED) is 0.549. The second-order valence-corrected chi connectivity index (χ2v) is 8.83. The molecule has 162 valence electrons. The van der Waals surface area contributed by atoms with E-state index in [4.69, 9.17) is 11.6 Å². The third-order valence-electron chi connectivity index (χ3n) is 4.49. The number of benzene rings is 2. The van der Waals surface area contributed by atoms with Gasteiger partial charge < -0.3 is 15.5 Å². The van der Waals surface area contributed by atoms with Crippen LogP contribution in [-0.4, -0.2) is 47.5 Å². The van der Waals surface area contributed by atoms with Crippen LogP contribution in [0.25, 0.3) is 17.0 Å². The van der Waals surface area contributed by atoms with Crippen LogP contribution in [-0.2, 0) is 9.59 Å². The number of thioether (sulfide) groups is 1. The summed E-state index contributed by atoms with van der Waals surface area (Å²) >= 11 is 7.52. The van der Waals surface area contributed by atoms with E-state index in [-0.39, 0.29) is 18.4 Å². The fourth-order valence-electron chi connectivity index (χ4n) is 3.09. The summed E-state index contributed by atoms with van der Waals surface area (Å²) in [5, 5.41) is 7.41. The van der Waals surface area contributed by atoms with Gasteiger partial charge in [-0.3, -0.25) is 14.6 Å². The second-order valence-electron chi connectivity index (χ2n) is 7.39. The van der Waals surface area contributed by atoms with E-state index in [1.165, 1.54) is 11.8 Å². The number of hydrogen-bond donors (Lipinski definition) is 2. The number of aromatic nitrogens is 1. The highest BCUT2D eigenvalue weighted by Crippen LogP contribution is 2.33. The van der Waals surface area contributed by atoms with Crippen LogP contribution < -0.4 is 10.6 Å². The topological polar surface area (TPSA) is 86.7 Å². The number of nitrogens with zero attached hydrogens (tertiary/aromatic N) is 3. The fourth-order valence-corrected chi connectivity index (χ4v) is 4.08. The fraction of sp³-hybridized carbons (Fsp3) is 0.130. The summed E-state index contributed by atoms with van der Waals surface area (Å²) in [6.07, 6.45) is 3.56. The van der Waals surface area contributed by atoms with Crippen molar-refractivity contribution < 1.29 is 9.59 Å². The van der Waals surface area contributed by atoms with Crippen molar-refractivity contribution in [3.63, 3.8) is 0 Å². The molecule has 2 aromatic carbocycles. The zero-order valence-corrected chi connectivity index (χ0v) is 19.0. The highest BCUT2D eigenvalue weighted by Gasteiger charge is 2.24. The summed E-state index contributed by atoms with van der Waals surface area (Å²) in [6.45, 7) is 0.261. The molecule has 0 saturated carbocycles. The van der Waals surface area contributed by atoms with E-state index in [9.17, 15) is 9.59 Å². The average Bonchev–Trinajstić information content (AvgIpc) is 3.08. The first-order valence-corrected chi connectivity index (χ1v) is 11.0. The Labute approximate surface area is 194 Å². The van der Waals surface area contributed by atoms with Crippen LogP contribution in [0.5, 0.6) is 0 Å². The summed E-state index contributed by atoms with van der Waals surface area (Å²) in [4.78, 5) is 35.6. The van der Waals surface area contributed by atoms with Gasteiger partial charge in [-0.05, 0) is 73.9 Å². The van der Waals surface area contributed by atoms with E-state index in [0.29, 0.717) is 26.5 Å². The molecule has 0 aliphatic carbocycles. The van der Waals surface area contributed by atoms with Crippen LogP contribution in [0.1, 0.15) is 5.56 Å². The second kappa shape index (κ2) is 9.52. The average molecular weight is 466 g/mol. The number of carbonyl (C=O) groups excluding carboxylic acids is 2. The monoisotopic (exact) mass is 465 g/mol. The summed E-state index contributed by atoms with van der Waals surface area (Å²) in [7, 11) is 3.64. The lowest BCUT2D eigenvalue weighted by Gasteiger charge is -2.11. The predicted octanol–water partition coefficient (Wildman–Crippen LogP) is 4.28. The van der Waals surface area contributed by atoms with E-state index < -0.39 is 0 Å². The van der Waals surface area contributed by atoms with Crippen molar-refractivity contribution in [1.29, 1.82) is 0 Å². The highest BCUT2D eigenvalue weighted by atomic mass is 35.5. The summed E-state index contributed by atoms with van der Waals surface area (Å²) in [5.41, 5.74) is 2.83. The number of nitrogens with one attached hydrogen (secondary N) is 2. The SMILES string of the molecule is CN(C)CC(=O)Nc1ccc(Cl)c(N=C2NC(=O)/C(=C/c3ccc4ncccc4c3)S2)c1. The first kappa shape index (κ1) is 22.0. The third kappa shape index (κ3) is 5.34. The van der Waals surface area contributed by atoms with Gasteiger partial charge in [-0.2, -0.15) is 0 Å². The normalized spacial score (nSPS) is 16.2. The van der Waals surface area contributed by atoms with Gasteiger partial charge in [-0.25, -0.2) is 4.99 Å². The van der Waals surface area contributed by atoms with Gasteiger partial charge in [0, 0.05) is 17.3 Å². The molecule has 0 unspecified atom stereocenters. The molecule has 2 heterocycles. The molecule has 0 atom stereocenters. The number of carbonyl (C=O) groups is 2. The van der Waals surface area contributed by atoms with Crippen molar-refractivity contribution in [2.24, 2.45) is 4.99 Å². The zero-order valence-electron chi connectivity index (χ0n) is 17.4. The number of anilines is 1. The van der Waals surface area contributed by atoms with Gasteiger partial charge in [0.2, 0.25) is 5.91 Å². The molecule has 2 N–H and O–H groups in total. The third-order valence-corrected chi connectivity index (χ3v) is 5.72. The molecular weight excluding hydrogens is 446 g/mol. The predicted molar refractivity (Wildman–Crippen MR) is 131 cm³/mol. The molecule has 7 nitrogen and oxygen atoms in total. The standard InChI is InChI=1S/C23H20ClN5O2S/c1-29(2)13-21(30)26-16-6-7-17(24)19(12-16)27-23-28-22(31)20(32-23)11-14-5-8-18-15(10-14)4-3-9-25-18/h3-12H,13H2,1-2H3,(H,26,30)(H,27,28,31)/b20-11-. The van der Waals surface area contributed by atoms with E-state index >= 15 is 0 Å². The first-order valence-electron chi connectivity index (χ1n) is 9.76. The Kier molecular flexibility index (Phi) is 6.55. The van der Waals surface area contributed by atoms with E-state index in [2.05, 4.69) is 20.6 Å². The molecule has 0 spiro atoms. The molecule has 2 amide bonds. The minimum atomic E-state index is -0.230. The molecule has 1 aliphatic heterocycles. The maximum Gasteiger partial charge on any atom is 0.264 e. The molecule has 1 aliphatic rings. The lowest BCUT2D eigenvalue weighted by Crippen LogP contribution is -2.27. The minimum absolute atomic E-state index is 0.143. The number of likely N-dealkylation sites (N-methyl/N-ethyl adjacent to an activating group) is 1. The van der Waals surface area contributed by atoms with Crippen LogP contribution >= 0.6 is 23.4 Å². The van der Waals surface area contributed by atoms with Crippen LogP contribution in [0.3, 0.4) is 0 Å². The van der Waals surface area contributed by atoms with E-state index in [1.54, 1.807) is 29.3 Å². The van der Waals surface area contributed by atoms with Gasteiger partial charge in [-0.15, -0.1) is 0 Å². The van der Waals surface area contributed by atoms with Crippen molar-refractivity contribution in [2.75, 3.05) is 26.0 Å². The molecule has 9 heteroatoms. The number of hydrogen-bond acceptors (Lipinski definition) is 6. The number of amidine groups is 1. The van der Waals surface area contributed by atoms with Crippen molar-refractivity contribution in [1.82, 2.24) is 15.2 Å². The Morgan fingerprint density at radius 2 is 2.09 bits per heavy atom. The lowest BCUT2D eigenvalue weighted by molar-refractivity contribution is -0.117. The maximum absolute atomic E-state index is 12.5. The van der Waals surface area contributed by atoms with Gasteiger partial charge >= 0.3 is 0 Å². The van der Waals surface area contributed by atoms with Gasteiger partial charge in [0.15, 0.2) is 5.17 Å². The van der Waals surface area contributed by atoms with Gasteiger partial charge in [0.25, 0.3) is 5.91 Å². The maximum atomic E-state index is 12.5. The van der Waals surface area contributed by atoms with Crippen LogP contribution in [0.4, 0.5) is 11.4 Å². The number of fused-ring (bicyclic) bond motifs is 1. The highest BCUT2D eigenvalue weighted by molar-refractivity contribution is 8.18. The van der Waals surface area contributed by atoms with E-state index in [0.717, 1.165) is 16.5 Å². The number of amides is 2. The van der Waals surface area contributed by atoms with Crippen molar-refractivity contribution >= 4 is 68.7 Å². The Balaban J connectivity index is 1.54. The van der Waals surface area contributed by atoms with Gasteiger partial charge in [-0.1, -0.05) is 23.7 Å². The zero-order chi connectivity index (χ0) is 22.7. The van der Waals surface area contributed by atoms with Crippen molar-refractivity contribution in [3.05, 3.63) is 70.2 Å². The number of halogens is 1. The summed E-state index contributed by atoms with van der Waals surface area (Å²) in [6, 6.07) is 14.7. The lowest BCUT2D eigenvalue weighted by atomic mass is 10.1. The Morgan fingerprint density at radius 3 is 2.91 bits per heavy atom. The smallest absolute Gasteiger partial charge is 0.264 e. The van der Waals surface area contributed by atoms with Gasteiger partial charge in [0.1, 0.15) is 0 Å². The van der Waals surface area contributed by atoms with Gasteiger partial charge in [0.05, 0.1) is 27.7 Å². The Hall–Kier alpha value is -3.20.